The maximum absolute atomic E-state index is 4.23. The molecule has 1 N–H and O–H groups in total. The van der Waals surface area contributed by atoms with Crippen LogP contribution in [0.2, 0.25) is 0 Å². The van der Waals surface area contributed by atoms with E-state index in [0.29, 0.717) is 0 Å². The fourth-order valence-electron chi connectivity index (χ4n) is 1.53. The Hall–Kier alpha value is -0.410. The Balaban J connectivity index is 1.75. The van der Waals surface area contributed by atoms with E-state index in [-0.39, 0.29) is 0 Å². The van der Waals surface area contributed by atoms with Crippen molar-refractivity contribution in [3.8, 4) is 0 Å². The van der Waals surface area contributed by atoms with E-state index in [1.54, 1.807) is 11.3 Å². The van der Waals surface area contributed by atoms with Gasteiger partial charge < -0.3 is 5.32 Å². The molecule has 0 bridgehead atoms. The Morgan fingerprint density at radius 1 is 1.67 bits per heavy atom. The molecule has 1 aliphatic carbocycles. The fourth-order valence-corrected chi connectivity index (χ4v) is 2.10. The van der Waals surface area contributed by atoms with Crippen LogP contribution in [-0.4, -0.2) is 11.0 Å². The average Bonchev–Trinajstić information content (AvgIpc) is 2.54. The van der Waals surface area contributed by atoms with Gasteiger partial charge in [-0.05, 0) is 18.8 Å². The van der Waals surface area contributed by atoms with Gasteiger partial charge >= 0.3 is 0 Å². The van der Waals surface area contributed by atoms with Crippen molar-refractivity contribution in [2.45, 2.75) is 32.4 Å². The Morgan fingerprint density at radius 2 is 2.58 bits per heavy atom. The first-order valence-corrected chi connectivity index (χ1v) is 5.36. The number of hydrogen-bond donors (Lipinski definition) is 1. The summed E-state index contributed by atoms with van der Waals surface area (Å²) in [5.74, 6) is 0.866. The van der Waals surface area contributed by atoms with Crippen molar-refractivity contribution in [2.75, 3.05) is 0 Å². The van der Waals surface area contributed by atoms with Gasteiger partial charge in [-0.3, -0.25) is 0 Å². The van der Waals surface area contributed by atoms with Crippen LogP contribution < -0.4 is 5.32 Å². The van der Waals surface area contributed by atoms with Gasteiger partial charge in [-0.25, -0.2) is 4.98 Å². The minimum Gasteiger partial charge on any atom is -0.307 e. The highest BCUT2D eigenvalue weighted by Crippen LogP contribution is 2.26. The molecule has 3 heteroatoms. The summed E-state index contributed by atoms with van der Waals surface area (Å²) in [5, 5.41) is 6.75. The molecule has 2 rings (SSSR count). The smallest absolute Gasteiger partial charge is 0.106 e. The molecule has 0 saturated heterocycles. The lowest BCUT2D eigenvalue weighted by molar-refractivity contribution is 0.228. The highest BCUT2D eigenvalue weighted by Gasteiger charge is 2.25. The van der Waals surface area contributed by atoms with Crippen LogP contribution in [0.1, 0.15) is 24.8 Å². The predicted molar refractivity (Wildman–Crippen MR) is 51.1 cm³/mol. The summed E-state index contributed by atoms with van der Waals surface area (Å²) in [6.07, 6.45) is 4.59. The minimum atomic E-state index is 0.744. The number of hydrogen-bond acceptors (Lipinski definition) is 3. The maximum atomic E-state index is 4.23. The first kappa shape index (κ1) is 8.20. The molecule has 0 aromatic carbocycles. The van der Waals surface area contributed by atoms with Crippen LogP contribution in [0.5, 0.6) is 0 Å². The molecule has 1 aromatic rings. The summed E-state index contributed by atoms with van der Waals surface area (Å²) in [5.41, 5.74) is 0. The first-order chi connectivity index (χ1) is 5.86. The van der Waals surface area contributed by atoms with Crippen molar-refractivity contribution in [1.82, 2.24) is 10.3 Å². The van der Waals surface area contributed by atoms with Crippen molar-refractivity contribution in [3.05, 3.63) is 16.6 Å². The van der Waals surface area contributed by atoms with Crippen LogP contribution in [0.25, 0.3) is 0 Å². The topological polar surface area (TPSA) is 24.9 Å². The molecule has 0 aliphatic heterocycles. The monoisotopic (exact) mass is 182 g/mol. The van der Waals surface area contributed by atoms with Crippen LogP contribution in [0, 0.1) is 5.92 Å². The number of thiazole rings is 1. The van der Waals surface area contributed by atoms with Crippen LogP contribution >= 0.6 is 11.3 Å². The summed E-state index contributed by atoms with van der Waals surface area (Å²) >= 11 is 1.73. The Kier molecular flexibility index (Phi) is 2.42. The zero-order chi connectivity index (χ0) is 8.39. The molecule has 0 spiro atoms. The highest BCUT2D eigenvalue weighted by atomic mass is 32.1. The lowest BCUT2D eigenvalue weighted by atomic mass is 9.81. The van der Waals surface area contributed by atoms with E-state index in [1.165, 1.54) is 17.8 Å². The van der Waals surface area contributed by atoms with Gasteiger partial charge in [0.05, 0.1) is 0 Å². The zero-order valence-electron chi connectivity index (χ0n) is 7.29. The molecule has 1 fully saturated rings. The summed E-state index contributed by atoms with van der Waals surface area (Å²) in [6.45, 7) is 3.26. The molecule has 2 atom stereocenters. The molecule has 1 aliphatic rings. The Labute approximate surface area is 77.0 Å². The van der Waals surface area contributed by atoms with E-state index in [2.05, 4.69) is 17.2 Å². The number of nitrogens with zero attached hydrogens (tertiary/aromatic N) is 1. The predicted octanol–water partition coefficient (Wildman–Crippen LogP) is 2.03. The third-order valence-electron chi connectivity index (χ3n) is 2.62. The number of aromatic nitrogens is 1. The van der Waals surface area contributed by atoms with Crippen LogP contribution in [-0.2, 0) is 6.54 Å². The molecular weight excluding hydrogens is 168 g/mol. The van der Waals surface area contributed by atoms with Gasteiger partial charge in [0, 0.05) is 24.2 Å². The quantitative estimate of drug-likeness (QED) is 0.773. The molecular formula is C9H14N2S. The van der Waals surface area contributed by atoms with Crippen molar-refractivity contribution < 1.29 is 0 Å². The normalized spacial score (nSPS) is 28.4. The molecule has 66 valence electrons. The largest absolute Gasteiger partial charge is 0.307 e. The molecule has 12 heavy (non-hydrogen) atoms. The van der Waals surface area contributed by atoms with Gasteiger partial charge in [-0.1, -0.05) is 6.92 Å². The van der Waals surface area contributed by atoms with Crippen LogP contribution in [0.3, 0.4) is 0 Å². The van der Waals surface area contributed by atoms with E-state index >= 15 is 0 Å². The van der Waals surface area contributed by atoms with E-state index < -0.39 is 0 Å². The summed E-state index contributed by atoms with van der Waals surface area (Å²) in [7, 11) is 0. The molecule has 1 saturated carbocycles. The van der Waals surface area contributed by atoms with Crippen molar-refractivity contribution in [3.63, 3.8) is 0 Å². The summed E-state index contributed by atoms with van der Waals surface area (Å²) in [6, 6.07) is 0.744. The Morgan fingerprint density at radius 3 is 3.08 bits per heavy atom. The van der Waals surface area contributed by atoms with Gasteiger partial charge in [-0.2, -0.15) is 0 Å². The zero-order valence-corrected chi connectivity index (χ0v) is 8.10. The standard InChI is InChI=1S/C9H14N2S/c1-7-2-3-8(7)11-6-9-10-4-5-12-9/h4-5,7-8,11H,2-3,6H2,1H3. The fraction of sp³-hybridized carbons (Fsp3) is 0.667. The third-order valence-corrected chi connectivity index (χ3v) is 3.40. The third kappa shape index (κ3) is 1.67. The number of nitrogens with one attached hydrogen (secondary N) is 1. The maximum Gasteiger partial charge on any atom is 0.106 e. The van der Waals surface area contributed by atoms with Gasteiger partial charge in [0.1, 0.15) is 5.01 Å². The first-order valence-electron chi connectivity index (χ1n) is 4.48. The molecule has 2 nitrogen and oxygen atoms in total. The summed E-state index contributed by atoms with van der Waals surface area (Å²) in [4.78, 5) is 4.23. The van der Waals surface area contributed by atoms with Crippen LogP contribution in [0.4, 0.5) is 0 Å². The van der Waals surface area contributed by atoms with Gasteiger partial charge in [-0.15, -0.1) is 11.3 Å². The average molecular weight is 182 g/mol. The Bertz CT molecular complexity index is 233. The van der Waals surface area contributed by atoms with E-state index in [0.717, 1.165) is 18.5 Å². The second kappa shape index (κ2) is 3.54. The SMILES string of the molecule is CC1CCC1NCc1nccs1. The van der Waals surface area contributed by atoms with Gasteiger partial charge in [0.2, 0.25) is 0 Å². The molecule has 1 heterocycles. The lowest BCUT2D eigenvalue weighted by Crippen LogP contribution is -2.41. The summed E-state index contributed by atoms with van der Waals surface area (Å²) < 4.78 is 0. The molecule has 0 radical (unpaired) electrons. The van der Waals surface area contributed by atoms with E-state index in [1.807, 2.05) is 11.6 Å². The lowest BCUT2D eigenvalue weighted by Gasteiger charge is -2.34. The highest BCUT2D eigenvalue weighted by molar-refractivity contribution is 7.09. The van der Waals surface area contributed by atoms with Crippen molar-refractivity contribution >= 4 is 11.3 Å². The van der Waals surface area contributed by atoms with Gasteiger partial charge in [0.15, 0.2) is 0 Å². The van der Waals surface area contributed by atoms with E-state index in [9.17, 15) is 0 Å². The van der Waals surface area contributed by atoms with Gasteiger partial charge in [0.25, 0.3) is 0 Å². The van der Waals surface area contributed by atoms with Crippen molar-refractivity contribution in [1.29, 1.82) is 0 Å². The van der Waals surface area contributed by atoms with Crippen molar-refractivity contribution in [2.24, 2.45) is 5.92 Å². The second-order valence-corrected chi connectivity index (χ2v) is 4.45. The molecule has 0 amide bonds. The molecule has 1 aromatic heterocycles. The number of rotatable bonds is 3. The van der Waals surface area contributed by atoms with E-state index in [4.69, 9.17) is 0 Å². The molecule has 2 unspecified atom stereocenters. The van der Waals surface area contributed by atoms with Crippen LogP contribution in [0.15, 0.2) is 11.6 Å². The second-order valence-electron chi connectivity index (χ2n) is 3.47. The minimum absolute atomic E-state index is 0.744.